The molecule has 0 amide bonds. The maximum absolute atomic E-state index is 13.1. The first-order valence-electron chi connectivity index (χ1n) is 9.39. The van der Waals surface area contributed by atoms with Crippen LogP contribution in [-0.4, -0.2) is 44.1 Å². The van der Waals surface area contributed by atoms with Crippen LogP contribution in [0, 0.1) is 17.2 Å². The highest BCUT2D eigenvalue weighted by molar-refractivity contribution is 8.02. The van der Waals surface area contributed by atoms with E-state index in [4.69, 9.17) is 4.74 Å². The first kappa shape index (κ1) is 21.7. The van der Waals surface area contributed by atoms with Crippen molar-refractivity contribution in [3.8, 4) is 6.07 Å². The molecule has 156 valence electrons. The number of carbonyl (C=O) groups is 1. The van der Waals surface area contributed by atoms with E-state index in [1.807, 2.05) is 6.26 Å². The molecule has 1 aromatic rings. The van der Waals surface area contributed by atoms with Crippen molar-refractivity contribution < 1.29 is 18.3 Å². The van der Waals surface area contributed by atoms with Gasteiger partial charge in [-0.25, -0.2) is 4.98 Å². The van der Waals surface area contributed by atoms with Crippen LogP contribution in [-0.2, 0) is 24.0 Å². The number of hydrogen-bond donors (Lipinski definition) is 1. The molecule has 0 bridgehead atoms. The highest BCUT2D eigenvalue weighted by Gasteiger charge is 2.46. The maximum Gasteiger partial charge on any atom is 0.313 e. The molecule has 2 saturated carbocycles. The van der Waals surface area contributed by atoms with Crippen LogP contribution in [0.3, 0.4) is 0 Å². The van der Waals surface area contributed by atoms with Gasteiger partial charge in [0.2, 0.25) is 10.9 Å². The van der Waals surface area contributed by atoms with Crippen LogP contribution in [0.15, 0.2) is 16.3 Å². The minimum absolute atomic E-state index is 0.197. The van der Waals surface area contributed by atoms with E-state index in [2.05, 4.69) is 20.3 Å². The Balaban J connectivity index is 1.85. The van der Waals surface area contributed by atoms with E-state index in [0.29, 0.717) is 36.2 Å². The number of rotatable bonds is 7. The van der Waals surface area contributed by atoms with Gasteiger partial charge in [-0.05, 0) is 38.4 Å². The van der Waals surface area contributed by atoms with Crippen molar-refractivity contribution in [2.24, 2.45) is 5.92 Å². The van der Waals surface area contributed by atoms with E-state index >= 15 is 0 Å². The number of nitrogens with one attached hydrogen (secondary N) is 1. The third kappa shape index (κ3) is 4.94. The summed E-state index contributed by atoms with van der Waals surface area (Å²) in [4.78, 5) is 24.5. The highest BCUT2D eigenvalue weighted by Crippen LogP contribution is 2.39. The van der Waals surface area contributed by atoms with E-state index < -0.39 is 32.3 Å². The molecule has 1 heterocycles. The third-order valence-electron chi connectivity index (χ3n) is 5.11. The van der Waals surface area contributed by atoms with Crippen molar-refractivity contribution in [2.45, 2.75) is 54.8 Å². The van der Waals surface area contributed by atoms with Gasteiger partial charge in [-0.15, -0.1) is 4.21 Å². The first-order chi connectivity index (χ1) is 13.9. The fraction of sp³-hybridized carbons (Fsp3) is 0.611. The van der Waals surface area contributed by atoms with Crippen LogP contribution in [0.5, 0.6) is 0 Å². The average Bonchev–Trinajstić information content (AvgIpc) is 3.58. The molecule has 2 fully saturated rings. The number of nitrogens with zero attached hydrogens (tertiary/aromatic N) is 4. The number of nitriles is 1. The molecule has 0 aromatic carbocycles. The number of anilines is 1. The van der Waals surface area contributed by atoms with Crippen LogP contribution in [0.2, 0.25) is 0 Å². The van der Waals surface area contributed by atoms with Gasteiger partial charge in [-0.2, -0.15) is 15.2 Å². The van der Waals surface area contributed by atoms with E-state index in [0.717, 1.165) is 25.5 Å². The van der Waals surface area contributed by atoms with Crippen molar-refractivity contribution in [3.05, 3.63) is 16.9 Å². The van der Waals surface area contributed by atoms with E-state index in [1.165, 1.54) is 18.9 Å². The van der Waals surface area contributed by atoms with Gasteiger partial charge < -0.3 is 14.6 Å². The van der Waals surface area contributed by atoms with E-state index in [1.54, 1.807) is 6.07 Å². The first-order valence-corrected chi connectivity index (χ1v) is 12.2. The number of allylic oxidation sites excluding steroid dienone is 1. The van der Waals surface area contributed by atoms with Gasteiger partial charge in [0.1, 0.15) is 17.0 Å². The zero-order valence-corrected chi connectivity index (χ0v) is 17.9. The number of methoxy groups -OCH3 is 1. The fourth-order valence-electron chi connectivity index (χ4n) is 3.41. The van der Waals surface area contributed by atoms with Crippen molar-refractivity contribution in [3.63, 3.8) is 0 Å². The SMILES string of the molecule is COC(=O)C1CCCCC1[S+](=O)([O-])/C(C#N)=C/Nc1nc(SC)nc(C2CC2)n1. The molecule has 3 atom stereocenters. The van der Waals surface area contributed by atoms with Gasteiger partial charge in [0, 0.05) is 5.92 Å². The molecular formula is C18H23N5O4S2. The summed E-state index contributed by atoms with van der Waals surface area (Å²) in [5, 5.41) is 11.8. The highest BCUT2D eigenvalue weighted by atomic mass is 32.3. The second kappa shape index (κ2) is 9.19. The van der Waals surface area contributed by atoms with Crippen LogP contribution >= 0.6 is 11.8 Å². The lowest BCUT2D eigenvalue weighted by Gasteiger charge is -2.32. The molecule has 9 nitrogen and oxygen atoms in total. The zero-order chi connectivity index (χ0) is 21.0. The van der Waals surface area contributed by atoms with E-state index in [-0.39, 0.29) is 5.95 Å². The minimum Gasteiger partial charge on any atom is -0.609 e. The van der Waals surface area contributed by atoms with Gasteiger partial charge in [0.05, 0.1) is 23.5 Å². The summed E-state index contributed by atoms with van der Waals surface area (Å²) in [5.74, 6) is -0.158. The van der Waals surface area contributed by atoms with Gasteiger partial charge in [0.15, 0.2) is 11.2 Å². The Kier molecular flexibility index (Phi) is 6.87. The summed E-state index contributed by atoms with van der Waals surface area (Å²) in [5.41, 5.74) is 0. The molecule has 3 unspecified atom stereocenters. The minimum atomic E-state index is -4.02. The molecular weight excluding hydrogens is 414 g/mol. The van der Waals surface area contributed by atoms with Crippen LogP contribution in [0.25, 0.3) is 0 Å². The van der Waals surface area contributed by atoms with Crippen molar-refractivity contribution in [2.75, 3.05) is 18.7 Å². The molecule has 1 aromatic heterocycles. The van der Waals surface area contributed by atoms with Gasteiger partial charge in [0.25, 0.3) is 0 Å². The number of aromatic nitrogens is 3. The number of hydrogen-bond acceptors (Lipinski definition) is 10. The van der Waals surface area contributed by atoms with Crippen LogP contribution in [0.4, 0.5) is 5.95 Å². The Morgan fingerprint density at radius 2 is 2.03 bits per heavy atom. The fourth-order valence-corrected chi connectivity index (χ4v) is 5.61. The Morgan fingerprint density at radius 3 is 2.66 bits per heavy atom. The Hall–Kier alpha value is -2.03. The average molecular weight is 438 g/mol. The zero-order valence-electron chi connectivity index (χ0n) is 16.3. The largest absolute Gasteiger partial charge is 0.609 e. The van der Waals surface area contributed by atoms with Gasteiger partial charge in [-0.1, -0.05) is 18.2 Å². The summed E-state index contributed by atoms with van der Waals surface area (Å²) in [6.07, 6.45) is 7.15. The third-order valence-corrected chi connectivity index (χ3v) is 7.84. The molecule has 0 radical (unpaired) electrons. The summed E-state index contributed by atoms with van der Waals surface area (Å²) < 4.78 is 30.9. The summed E-state index contributed by atoms with van der Waals surface area (Å²) in [6, 6.07) is 1.75. The summed E-state index contributed by atoms with van der Waals surface area (Å²) >= 11 is 1.36. The van der Waals surface area contributed by atoms with Crippen LogP contribution in [0.1, 0.15) is 50.3 Å². The molecule has 2 aliphatic carbocycles. The molecule has 3 rings (SSSR count). The Bertz CT molecular complexity index is 897. The lowest BCUT2D eigenvalue weighted by atomic mass is 9.89. The van der Waals surface area contributed by atoms with Crippen LogP contribution < -0.4 is 5.32 Å². The van der Waals surface area contributed by atoms with Crippen molar-refractivity contribution in [1.82, 2.24) is 15.0 Å². The van der Waals surface area contributed by atoms with Gasteiger partial charge in [-0.3, -0.25) is 4.79 Å². The molecule has 0 spiro atoms. The Morgan fingerprint density at radius 1 is 1.31 bits per heavy atom. The number of esters is 1. The number of ether oxygens (including phenoxy) is 1. The normalized spacial score (nSPS) is 24.3. The second-order valence-electron chi connectivity index (χ2n) is 7.04. The number of sulfone groups is 1. The monoisotopic (exact) mass is 437 g/mol. The second-order valence-corrected chi connectivity index (χ2v) is 9.95. The quantitative estimate of drug-likeness (QED) is 0.293. The Labute approximate surface area is 175 Å². The molecule has 0 saturated heterocycles. The lowest BCUT2D eigenvalue weighted by molar-refractivity contribution is -0.146. The molecule has 0 aliphatic heterocycles. The molecule has 11 heteroatoms. The molecule has 29 heavy (non-hydrogen) atoms. The predicted octanol–water partition coefficient (Wildman–Crippen LogP) is 2.61. The molecule has 2 aliphatic rings. The summed E-state index contributed by atoms with van der Waals surface area (Å²) in [7, 11) is -2.78. The smallest absolute Gasteiger partial charge is 0.313 e. The summed E-state index contributed by atoms with van der Waals surface area (Å²) in [6.45, 7) is 0. The number of carbonyl (C=O) groups excluding carboxylic acids is 1. The van der Waals surface area contributed by atoms with Gasteiger partial charge >= 0.3 is 5.97 Å². The lowest BCUT2D eigenvalue weighted by Crippen LogP contribution is -2.42. The van der Waals surface area contributed by atoms with E-state index in [9.17, 15) is 18.8 Å². The maximum atomic E-state index is 13.1. The standard InChI is InChI=1S/C18H23N5O4S2/c1-27-16(24)13-5-3-4-6-14(13)29(25,26)12(9-19)10-20-17-21-15(11-7-8-11)22-18(23-17)28-2/h10-11,13-14H,3-8H2,1-2H3,(H-,20,21,22,23,25,26). The topological polar surface area (TPSA) is 141 Å². The number of thioether (sulfide) groups is 1. The molecule has 1 N–H and O–H groups in total. The van der Waals surface area contributed by atoms with Crippen molar-refractivity contribution >= 4 is 33.9 Å². The predicted molar refractivity (Wildman–Crippen MR) is 107 cm³/mol. The van der Waals surface area contributed by atoms with Crippen molar-refractivity contribution in [1.29, 1.82) is 5.26 Å².